The Labute approximate surface area is 260 Å². The highest BCUT2D eigenvalue weighted by atomic mass is 32.1. The number of nitrogens with one attached hydrogen (secondary N) is 2. The van der Waals surface area contributed by atoms with Gasteiger partial charge in [-0.1, -0.05) is 24.3 Å². The summed E-state index contributed by atoms with van der Waals surface area (Å²) in [7, 11) is 0. The lowest BCUT2D eigenvalue weighted by atomic mass is 10.1. The summed E-state index contributed by atoms with van der Waals surface area (Å²) in [5, 5.41) is 3.33. The maximum absolute atomic E-state index is 12.7. The van der Waals surface area contributed by atoms with E-state index in [1.165, 1.54) is 0 Å². The molecule has 2 N–H and O–H groups in total. The van der Waals surface area contributed by atoms with Gasteiger partial charge in [-0.2, -0.15) is 13.5 Å². The number of ether oxygens (including phenoxy) is 2. The molecule has 2 aromatic heterocycles. The van der Waals surface area contributed by atoms with Crippen LogP contribution in [0.5, 0.6) is 0 Å². The highest BCUT2D eigenvalue weighted by molar-refractivity contribution is 7.59. The van der Waals surface area contributed by atoms with Gasteiger partial charge in [-0.05, 0) is 71.9 Å². The van der Waals surface area contributed by atoms with Gasteiger partial charge in [0.25, 0.3) is 0 Å². The Bertz CT molecular complexity index is 1400. The van der Waals surface area contributed by atoms with Gasteiger partial charge >= 0.3 is 12.2 Å². The monoisotopic (exact) mass is 609 g/mol. The highest BCUT2D eigenvalue weighted by Gasteiger charge is 2.35. The third-order valence-electron chi connectivity index (χ3n) is 7.15. The highest BCUT2D eigenvalue weighted by Crippen LogP contribution is 2.33. The van der Waals surface area contributed by atoms with Crippen LogP contribution in [0, 0.1) is 0 Å². The molecule has 2 aliphatic heterocycles. The van der Waals surface area contributed by atoms with Gasteiger partial charge in [0.1, 0.15) is 17.0 Å². The number of likely N-dealkylation sites (tertiary alicyclic amines) is 2. The number of carbonyl (C=O) groups excluding carboxylic acids is 2. The molecule has 1 aromatic carbocycles. The van der Waals surface area contributed by atoms with Crippen LogP contribution in [0.3, 0.4) is 0 Å². The second kappa shape index (κ2) is 12.8. The van der Waals surface area contributed by atoms with Crippen LogP contribution >= 0.6 is 13.5 Å². The van der Waals surface area contributed by atoms with E-state index in [-0.39, 0.29) is 37.8 Å². The zero-order chi connectivity index (χ0) is 30.1. The van der Waals surface area contributed by atoms with Crippen LogP contribution in [0.2, 0.25) is 0 Å². The van der Waals surface area contributed by atoms with Crippen molar-refractivity contribution < 1.29 is 19.1 Å². The number of imidazole rings is 1. The molecule has 2 atom stereocenters. The Morgan fingerprint density at radius 3 is 2.12 bits per heavy atom. The molecule has 2 fully saturated rings. The van der Waals surface area contributed by atoms with E-state index in [4.69, 9.17) is 9.47 Å². The lowest BCUT2D eigenvalue weighted by Crippen LogP contribution is -2.36. The second-order valence-corrected chi connectivity index (χ2v) is 12.9. The molecule has 11 nitrogen and oxygen atoms in total. The topological polar surface area (TPSA) is 126 Å². The Morgan fingerprint density at radius 2 is 1.47 bits per heavy atom. The Hall–Kier alpha value is -3.80. The number of aromatic nitrogens is 4. The van der Waals surface area contributed by atoms with Crippen molar-refractivity contribution >= 4 is 31.6 Å². The Kier molecular flexibility index (Phi) is 9.58. The molecule has 232 valence electrons. The van der Waals surface area contributed by atoms with Gasteiger partial charge in [0.05, 0.1) is 17.9 Å². The minimum absolute atomic E-state index is 0. The Balaban J connectivity index is 0.00000423. The van der Waals surface area contributed by atoms with E-state index >= 15 is 0 Å². The number of anilines is 1. The number of benzene rings is 1. The quantitative estimate of drug-likeness (QED) is 0.353. The van der Waals surface area contributed by atoms with E-state index in [0.717, 1.165) is 47.5 Å². The molecule has 0 saturated carbocycles. The van der Waals surface area contributed by atoms with Crippen molar-refractivity contribution in [3.63, 3.8) is 0 Å². The summed E-state index contributed by atoms with van der Waals surface area (Å²) in [5.41, 5.74) is 2.73. The van der Waals surface area contributed by atoms with Crippen LogP contribution in [-0.2, 0) is 9.47 Å². The van der Waals surface area contributed by atoms with E-state index < -0.39 is 11.2 Å². The smallest absolute Gasteiger partial charge is 0.410 e. The fraction of sp³-hybridized carbons (Fsp3) is 0.516. The standard InChI is InChI=1S/C31H41N7O4.H2S/c1-30(2,3)41-28(39)37-15-13-23(19-37)35-27-33-16-22(17-34-27)20-9-11-21(12-10-20)24-18-32-26(36-24)25-8-7-14-38(25)29(40)42-31(4,5)6;/h9-12,16-18,23,25H,7-8,13-15,19H2,1-6H3,(H,32,36)(H,33,34,35);1H2/t23?,25-;/m0./s1. The summed E-state index contributed by atoms with van der Waals surface area (Å²) in [6, 6.07) is 8.06. The zero-order valence-electron chi connectivity index (χ0n) is 25.8. The van der Waals surface area contributed by atoms with Gasteiger partial charge < -0.3 is 24.7 Å². The number of aromatic amines is 1. The zero-order valence-corrected chi connectivity index (χ0v) is 26.8. The molecule has 3 aromatic rings. The lowest BCUT2D eigenvalue weighted by Gasteiger charge is -2.27. The van der Waals surface area contributed by atoms with Crippen molar-refractivity contribution in [2.24, 2.45) is 0 Å². The van der Waals surface area contributed by atoms with Crippen molar-refractivity contribution in [1.82, 2.24) is 29.7 Å². The fourth-order valence-corrected chi connectivity index (χ4v) is 5.19. The first-order valence-electron chi connectivity index (χ1n) is 14.6. The van der Waals surface area contributed by atoms with Crippen LogP contribution < -0.4 is 5.32 Å². The van der Waals surface area contributed by atoms with E-state index in [1.54, 1.807) is 22.2 Å². The third-order valence-corrected chi connectivity index (χ3v) is 7.15. The van der Waals surface area contributed by atoms with E-state index in [2.05, 4.69) is 25.3 Å². The van der Waals surface area contributed by atoms with E-state index in [0.29, 0.717) is 25.6 Å². The van der Waals surface area contributed by atoms with Crippen LogP contribution in [0.4, 0.5) is 15.5 Å². The lowest BCUT2D eigenvalue weighted by molar-refractivity contribution is 0.0217. The Morgan fingerprint density at radius 1 is 0.837 bits per heavy atom. The van der Waals surface area contributed by atoms with Crippen molar-refractivity contribution in [1.29, 1.82) is 0 Å². The summed E-state index contributed by atoms with van der Waals surface area (Å²) in [4.78, 5) is 45.5. The average molecular weight is 610 g/mol. The maximum atomic E-state index is 12.7. The molecule has 12 heteroatoms. The molecule has 43 heavy (non-hydrogen) atoms. The summed E-state index contributed by atoms with van der Waals surface area (Å²) < 4.78 is 11.1. The molecule has 0 radical (unpaired) electrons. The van der Waals surface area contributed by atoms with Gasteiger partial charge in [-0.15, -0.1) is 0 Å². The summed E-state index contributed by atoms with van der Waals surface area (Å²) in [5.74, 6) is 1.30. The van der Waals surface area contributed by atoms with E-state index in [1.807, 2.05) is 72.0 Å². The molecule has 2 amide bonds. The number of H-pyrrole nitrogens is 1. The van der Waals surface area contributed by atoms with Crippen molar-refractivity contribution in [2.45, 2.75) is 84.1 Å². The first-order valence-corrected chi connectivity index (χ1v) is 14.6. The van der Waals surface area contributed by atoms with Gasteiger partial charge in [0.15, 0.2) is 0 Å². The third kappa shape index (κ3) is 8.19. The predicted molar refractivity (Wildman–Crippen MR) is 170 cm³/mol. The van der Waals surface area contributed by atoms with Crippen LogP contribution in [0.1, 0.15) is 72.7 Å². The summed E-state index contributed by atoms with van der Waals surface area (Å²) in [6.07, 6.45) is 7.37. The van der Waals surface area contributed by atoms with Gasteiger partial charge in [-0.25, -0.2) is 24.5 Å². The molecule has 2 saturated heterocycles. The SMILES string of the molecule is CC(C)(C)OC(=O)N1CCC(Nc2ncc(-c3ccc(-c4cnc([C@@H]5CCCN5C(=O)OC(C)(C)C)[nH]4)cc3)cn2)C1.S. The number of rotatable bonds is 5. The number of hydrogen-bond acceptors (Lipinski definition) is 8. The minimum Gasteiger partial charge on any atom is -0.444 e. The molecular formula is C31H43N7O4S. The number of carbonyl (C=O) groups is 2. The minimum atomic E-state index is -0.538. The fourth-order valence-electron chi connectivity index (χ4n) is 5.19. The van der Waals surface area contributed by atoms with Crippen LogP contribution in [0.15, 0.2) is 42.9 Å². The molecule has 0 bridgehead atoms. The maximum Gasteiger partial charge on any atom is 0.410 e. The van der Waals surface area contributed by atoms with Crippen molar-refractivity contribution in [3.05, 3.63) is 48.7 Å². The normalized spacial score (nSPS) is 18.7. The first-order chi connectivity index (χ1) is 19.8. The van der Waals surface area contributed by atoms with Crippen molar-refractivity contribution in [2.75, 3.05) is 25.0 Å². The molecule has 1 unspecified atom stereocenters. The van der Waals surface area contributed by atoms with Gasteiger partial charge in [0.2, 0.25) is 5.95 Å². The molecule has 0 aliphatic carbocycles. The molecule has 5 rings (SSSR count). The van der Waals surface area contributed by atoms with Crippen LogP contribution in [-0.4, -0.2) is 78.8 Å². The predicted octanol–water partition coefficient (Wildman–Crippen LogP) is 6.14. The molecule has 4 heterocycles. The summed E-state index contributed by atoms with van der Waals surface area (Å²) >= 11 is 0. The average Bonchev–Trinajstić information content (AvgIpc) is 3.68. The number of hydrogen-bond donors (Lipinski definition) is 2. The largest absolute Gasteiger partial charge is 0.444 e. The number of nitrogens with zero attached hydrogens (tertiary/aromatic N) is 5. The first kappa shape index (κ1) is 32.1. The van der Waals surface area contributed by atoms with E-state index in [9.17, 15) is 9.59 Å². The number of amides is 2. The van der Waals surface area contributed by atoms with Gasteiger partial charge in [-0.3, -0.25) is 4.90 Å². The molecular weight excluding hydrogens is 566 g/mol. The molecule has 0 spiro atoms. The summed E-state index contributed by atoms with van der Waals surface area (Å²) in [6.45, 7) is 13.1. The van der Waals surface area contributed by atoms with Crippen molar-refractivity contribution in [3.8, 4) is 22.4 Å². The molecule has 2 aliphatic rings. The van der Waals surface area contributed by atoms with Crippen LogP contribution in [0.25, 0.3) is 22.4 Å². The second-order valence-electron chi connectivity index (χ2n) is 12.9. The van der Waals surface area contributed by atoms with Gasteiger partial charge in [0, 0.05) is 43.6 Å².